The van der Waals surface area contributed by atoms with Crippen molar-refractivity contribution in [3.63, 3.8) is 0 Å². The first kappa shape index (κ1) is 16.0. The van der Waals surface area contributed by atoms with Crippen LogP contribution in [0.2, 0.25) is 0 Å². The summed E-state index contributed by atoms with van der Waals surface area (Å²) < 4.78 is 38.0. The van der Waals surface area contributed by atoms with E-state index in [0.29, 0.717) is 5.01 Å². The highest BCUT2D eigenvalue weighted by Crippen LogP contribution is 2.32. The number of benzene rings is 1. The average molecular weight is 313 g/mol. The molecule has 0 unspecified atom stereocenters. The first-order valence-corrected chi connectivity index (χ1v) is 6.57. The molecule has 1 aliphatic rings. The van der Waals surface area contributed by atoms with Gasteiger partial charge < -0.3 is 5.32 Å². The van der Waals surface area contributed by atoms with Crippen LogP contribution in [0.25, 0.3) is 0 Å². The van der Waals surface area contributed by atoms with Crippen LogP contribution in [0, 0.1) is 5.92 Å². The molecule has 0 radical (unpaired) electrons. The molecule has 0 fully saturated rings. The molecule has 2 rings (SSSR count). The van der Waals surface area contributed by atoms with Crippen LogP contribution in [0.5, 0.6) is 0 Å². The number of hydrazone groups is 1. The fourth-order valence-corrected chi connectivity index (χ4v) is 1.82. The van der Waals surface area contributed by atoms with E-state index in [1.807, 2.05) is 0 Å². The largest absolute Gasteiger partial charge is 0.431 e. The Kier molecular flexibility index (Phi) is 4.20. The van der Waals surface area contributed by atoms with Crippen LogP contribution in [0.4, 0.5) is 24.5 Å². The molecular formula is C14H14F3N3O2. The molecule has 0 saturated heterocycles. The van der Waals surface area contributed by atoms with E-state index in [1.54, 1.807) is 26.0 Å². The predicted molar refractivity (Wildman–Crippen MR) is 75.5 cm³/mol. The SMILES string of the molecule is CC(C)C(=O)Nc1ccccc1N1N=C(C(F)(F)F)CC1=O. The minimum atomic E-state index is -4.65. The lowest BCUT2D eigenvalue weighted by molar-refractivity contribution is -0.119. The Morgan fingerprint density at radius 2 is 1.95 bits per heavy atom. The summed E-state index contributed by atoms with van der Waals surface area (Å²) in [6.07, 6.45) is -5.46. The maximum Gasteiger partial charge on any atom is 0.431 e. The average Bonchev–Trinajstić information content (AvgIpc) is 2.81. The number of halogens is 3. The molecule has 8 heteroatoms. The van der Waals surface area contributed by atoms with E-state index >= 15 is 0 Å². The second kappa shape index (κ2) is 5.78. The van der Waals surface area contributed by atoms with Gasteiger partial charge in [0.25, 0.3) is 5.91 Å². The molecular weight excluding hydrogens is 299 g/mol. The number of alkyl halides is 3. The number of nitrogens with one attached hydrogen (secondary N) is 1. The maximum absolute atomic E-state index is 12.7. The Hall–Kier alpha value is -2.38. The van der Waals surface area contributed by atoms with Gasteiger partial charge in [-0.2, -0.15) is 23.3 Å². The highest BCUT2D eigenvalue weighted by atomic mass is 19.4. The van der Waals surface area contributed by atoms with Crippen LogP contribution in [-0.4, -0.2) is 23.7 Å². The molecule has 1 aromatic rings. The van der Waals surface area contributed by atoms with Crippen molar-refractivity contribution in [1.82, 2.24) is 0 Å². The zero-order chi connectivity index (χ0) is 16.5. The number of rotatable bonds is 3. The van der Waals surface area contributed by atoms with Crippen molar-refractivity contribution in [2.24, 2.45) is 11.0 Å². The molecule has 0 aliphatic carbocycles. The number of para-hydroxylation sites is 2. The van der Waals surface area contributed by atoms with Gasteiger partial charge in [-0.15, -0.1) is 0 Å². The second-order valence-electron chi connectivity index (χ2n) is 5.09. The van der Waals surface area contributed by atoms with Crippen molar-refractivity contribution >= 4 is 28.9 Å². The van der Waals surface area contributed by atoms with E-state index in [1.165, 1.54) is 12.1 Å². The number of hydrogen-bond donors (Lipinski definition) is 1. The predicted octanol–water partition coefficient (Wildman–Crippen LogP) is 2.94. The number of nitrogens with zero attached hydrogens (tertiary/aromatic N) is 2. The number of carbonyl (C=O) groups is 2. The summed E-state index contributed by atoms with van der Waals surface area (Å²) in [5.74, 6) is -1.41. The van der Waals surface area contributed by atoms with Crippen LogP contribution in [0.1, 0.15) is 20.3 Å². The zero-order valence-electron chi connectivity index (χ0n) is 11.9. The molecule has 0 atom stereocenters. The van der Waals surface area contributed by atoms with Gasteiger partial charge in [-0.3, -0.25) is 9.59 Å². The normalized spacial score (nSPS) is 15.3. The number of hydrogen-bond acceptors (Lipinski definition) is 3. The molecule has 0 aromatic heterocycles. The molecule has 0 bridgehead atoms. The van der Waals surface area contributed by atoms with Crippen LogP contribution in [-0.2, 0) is 9.59 Å². The lowest BCUT2D eigenvalue weighted by atomic mass is 10.2. The van der Waals surface area contributed by atoms with Crippen molar-refractivity contribution in [3.8, 4) is 0 Å². The van der Waals surface area contributed by atoms with Crippen LogP contribution in [0.3, 0.4) is 0 Å². The molecule has 1 aromatic carbocycles. The molecule has 2 amide bonds. The minimum Gasteiger partial charge on any atom is -0.324 e. The lowest BCUT2D eigenvalue weighted by Crippen LogP contribution is -2.24. The first-order chi connectivity index (χ1) is 10.2. The summed E-state index contributed by atoms with van der Waals surface area (Å²) in [6, 6.07) is 6.09. The summed E-state index contributed by atoms with van der Waals surface area (Å²) >= 11 is 0. The standard InChI is InChI=1S/C14H14F3N3O2/c1-8(2)13(22)18-9-5-3-4-6-10(9)20-12(21)7-11(19-20)14(15,16)17/h3-6,8H,7H2,1-2H3,(H,18,22). The highest BCUT2D eigenvalue weighted by Gasteiger charge is 2.43. The van der Waals surface area contributed by atoms with Gasteiger partial charge in [-0.25, -0.2) is 0 Å². The van der Waals surface area contributed by atoms with E-state index < -0.39 is 24.2 Å². The lowest BCUT2D eigenvalue weighted by Gasteiger charge is -2.17. The van der Waals surface area contributed by atoms with E-state index in [-0.39, 0.29) is 23.2 Å². The fourth-order valence-electron chi connectivity index (χ4n) is 1.82. The van der Waals surface area contributed by atoms with Crippen molar-refractivity contribution in [2.45, 2.75) is 26.4 Å². The molecule has 1 N–H and O–H groups in total. The highest BCUT2D eigenvalue weighted by molar-refractivity contribution is 6.16. The quantitative estimate of drug-likeness (QED) is 0.932. The number of amides is 2. The van der Waals surface area contributed by atoms with Gasteiger partial charge in [0.2, 0.25) is 5.91 Å². The van der Waals surface area contributed by atoms with Gasteiger partial charge >= 0.3 is 6.18 Å². The summed E-state index contributed by atoms with van der Waals surface area (Å²) in [4.78, 5) is 23.6. The van der Waals surface area contributed by atoms with E-state index in [9.17, 15) is 22.8 Å². The minimum absolute atomic E-state index is 0.112. The maximum atomic E-state index is 12.7. The van der Waals surface area contributed by atoms with E-state index in [0.717, 1.165) is 0 Å². The summed E-state index contributed by atoms with van der Waals surface area (Å²) in [7, 11) is 0. The van der Waals surface area contributed by atoms with Gasteiger partial charge in [-0.1, -0.05) is 26.0 Å². The fraction of sp³-hybridized carbons (Fsp3) is 0.357. The van der Waals surface area contributed by atoms with Crippen molar-refractivity contribution < 1.29 is 22.8 Å². The van der Waals surface area contributed by atoms with Crippen molar-refractivity contribution in [1.29, 1.82) is 0 Å². The molecule has 1 aliphatic heterocycles. The van der Waals surface area contributed by atoms with E-state index in [4.69, 9.17) is 0 Å². The molecule has 1 heterocycles. The van der Waals surface area contributed by atoms with Gasteiger partial charge in [-0.05, 0) is 12.1 Å². The third kappa shape index (κ3) is 3.26. The monoisotopic (exact) mass is 313 g/mol. The third-order valence-electron chi connectivity index (χ3n) is 3.02. The Labute approximate surface area is 124 Å². The molecule has 5 nitrogen and oxygen atoms in total. The smallest absolute Gasteiger partial charge is 0.324 e. The molecule has 118 valence electrons. The molecule has 0 spiro atoms. The topological polar surface area (TPSA) is 61.8 Å². The Morgan fingerprint density at radius 1 is 1.32 bits per heavy atom. The van der Waals surface area contributed by atoms with Gasteiger partial charge in [0.1, 0.15) is 0 Å². The van der Waals surface area contributed by atoms with E-state index in [2.05, 4.69) is 10.4 Å². The van der Waals surface area contributed by atoms with Crippen LogP contribution < -0.4 is 10.3 Å². The van der Waals surface area contributed by atoms with Gasteiger partial charge in [0, 0.05) is 5.92 Å². The van der Waals surface area contributed by atoms with Crippen LogP contribution in [0.15, 0.2) is 29.4 Å². The summed E-state index contributed by atoms with van der Waals surface area (Å²) in [5, 5.41) is 6.60. The first-order valence-electron chi connectivity index (χ1n) is 6.57. The molecule has 0 saturated carbocycles. The van der Waals surface area contributed by atoms with Crippen molar-refractivity contribution in [2.75, 3.05) is 10.3 Å². The Bertz CT molecular complexity index is 638. The molecule has 22 heavy (non-hydrogen) atoms. The van der Waals surface area contributed by atoms with Crippen LogP contribution >= 0.6 is 0 Å². The Morgan fingerprint density at radius 3 is 2.50 bits per heavy atom. The summed E-state index contributed by atoms with van der Waals surface area (Å²) in [5.41, 5.74) is -0.801. The summed E-state index contributed by atoms with van der Waals surface area (Å²) in [6.45, 7) is 3.36. The number of carbonyl (C=O) groups excluding carboxylic acids is 2. The second-order valence-corrected chi connectivity index (χ2v) is 5.09. The number of anilines is 2. The zero-order valence-corrected chi connectivity index (χ0v) is 11.9. The third-order valence-corrected chi connectivity index (χ3v) is 3.02. The van der Waals surface area contributed by atoms with Gasteiger partial charge in [0.05, 0.1) is 17.8 Å². The van der Waals surface area contributed by atoms with Crippen molar-refractivity contribution in [3.05, 3.63) is 24.3 Å². The van der Waals surface area contributed by atoms with Gasteiger partial charge in [0.15, 0.2) is 5.71 Å². The Balaban J connectivity index is 2.35.